The first-order valence-corrected chi connectivity index (χ1v) is 9.74. The van der Waals surface area contributed by atoms with Crippen molar-refractivity contribution in [2.75, 3.05) is 27.9 Å². The first kappa shape index (κ1) is 22.2. The molecule has 0 atom stereocenters. The molecule has 0 amide bonds. The summed E-state index contributed by atoms with van der Waals surface area (Å²) < 4.78 is 18.5. The molecule has 1 N–H and O–H groups in total. The Hall–Kier alpha value is -3.52. The molecule has 0 fully saturated rings. The molecule has 0 bridgehead atoms. The van der Waals surface area contributed by atoms with E-state index in [1.165, 1.54) is 28.4 Å². The molecular weight excluding hydrogens is 400 g/mol. The number of phenols is 1. The summed E-state index contributed by atoms with van der Waals surface area (Å²) in [4.78, 5) is 26.5. The van der Waals surface area contributed by atoms with Gasteiger partial charge in [0.1, 0.15) is 5.75 Å². The van der Waals surface area contributed by atoms with E-state index < -0.39 is 5.69 Å². The lowest BCUT2D eigenvalue weighted by molar-refractivity contribution is 0.185. The summed E-state index contributed by atoms with van der Waals surface area (Å²) in [5, 5.41) is 9.61. The standard InChI is InChI=1S/C23H26N2O6/c1-15-21(17-6-8-18(26)9-7-17)24(11-12-29-2)23(28)25(22(15)27)14-16-5-10-19(30-3)20(13-16)31-4/h5-10,13,26H,11-12,14H2,1-4H3. The van der Waals surface area contributed by atoms with Crippen LogP contribution in [0.1, 0.15) is 11.1 Å². The van der Waals surface area contributed by atoms with E-state index in [2.05, 4.69) is 0 Å². The number of methoxy groups -OCH3 is 3. The van der Waals surface area contributed by atoms with E-state index in [-0.39, 0.29) is 24.4 Å². The average molecular weight is 426 g/mol. The highest BCUT2D eigenvalue weighted by Crippen LogP contribution is 2.28. The molecule has 0 radical (unpaired) electrons. The van der Waals surface area contributed by atoms with Gasteiger partial charge in [-0.15, -0.1) is 0 Å². The van der Waals surface area contributed by atoms with E-state index in [4.69, 9.17) is 14.2 Å². The summed E-state index contributed by atoms with van der Waals surface area (Å²) in [6, 6.07) is 11.7. The van der Waals surface area contributed by atoms with Crippen LogP contribution in [0.4, 0.5) is 0 Å². The Morgan fingerprint density at radius 3 is 2.19 bits per heavy atom. The predicted octanol–water partition coefficient (Wildman–Crippen LogP) is 2.40. The number of phenolic OH excluding ortho intramolecular Hbond substituents is 1. The number of ether oxygens (including phenoxy) is 3. The third-order valence-corrected chi connectivity index (χ3v) is 5.10. The highest BCUT2D eigenvalue weighted by molar-refractivity contribution is 5.63. The molecule has 1 heterocycles. The van der Waals surface area contributed by atoms with Crippen molar-refractivity contribution in [1.29, 1.82) is 0 Å². The Kier molecular flexibility index (Phi) is 6.81. The molecule has 2 aromatic carbocycles. The number of nitrogens with zero attached hydrogens (tertiary/aromatic N) is 2. The SMILES string of the molecule is COCCn1c(-c2ccc(O)cc2)c(C)c(=O)n(Cc2ccc(OC)c(OC)c2)c1=O. The lowest BCUT2D eigenvalue weighted by Crippen LogP contribution is -2.42. The van der Waals surface area contributed by atoms with Gasteiger partial charge in [-0.2, -0.15) is 0 Å². The molecule has 8 heteroatoms. The van der Waals surface area contributed by atoms with E-state index in [1.54, 1.807) is 51.5 Å². The van der Waals surface area contributed by atoms with Gasteiger partial charge in [0.05, 0.1) is 39.6 Å². The van der Waals surface area contributed by atoms with Gasteiger partial charge in [-0.3, -0.25) is 13.9 Å². The minimum absolute atomic E-state index is 0.0850. The molecule has 31 heavy (non-hydrogen) atoms. The molecule has 0 saturated carbocycles. The van der Waals surface area contributed by atoms with E-state index in [9.17, 15) is 14.7 Å². The fraction of sp³-hybridized carbons (Fsp3) is 0.304. The van der Waals surface area contributed by atoms with Crippen LogP contribution in [0.25, 0.3) is 11.3 Å². The summed E-state index contributed by atoms with van der Waals surface area (Å²) in [5.74, 6) is 1.19. The summed E-state index contributed by atoms with van der Waals surface area (Å²) >= 11 is 0. The molecule has 0 aliphatic carbocycles. The normalized spacial score (nSPS) is 10.8. The molecule has 3 aromatic rings. The van der Waals surface area contributed by atoms with Gasteiger partial charge < -0.3 is 19.3 Å². The lowest BCUT2D eigenvalue weighted by atomic mass is 10.1. The predicted molar refractivity (Wildman–Crippen MR) is 117 cm³/mol. The van der Waals surface area contributed by atoms with Gasteiger partial charge in [0.15, 0.2) is 11.5 Å². The maximum absolute atomic E-state index is 13.4. The van der Waals surface area contributed by atoms with Crippen molar-refractivity contribution in [3.63, 3.8) is 0 Å². The number of aromatic hydroxyl groups is 1. The zero-order valence-corrected chi connectivity index (χ0v) is 18.0. The first-order chi connectivity index (χ1) is 14.9. The van der Waals surface area contributed by atoms with Crippen LogP contribution < -0.4 is 20.7 Å². The van der Waals surface area contributed by atoms with Crippen LogP contribution in [0.5, 0.6) is 17.2 Å². The zero-order chi connectivity index (χ0) is 22.5. The van der Waals surface area contributed by atoms with Crippen LogP contribution in [0.15, 0.2) is 52.1 Å². The number of benzene rings is 2. The van der Waals surface area contributed by atoms with Crippen molar-refractivity contribution in [1.82, 2.24) is 9.13 Å². The van der Waals surface area contributed by atoms with Gasteiger partial charge in [0, 0.05) is 12.7 Å². The number of aromatic nitrogens is 2. The monoisotopic (exact) mass is 426 g/mol. The van der Waals surface area contributed by atoms with Crippen LogP contribution in [0.3, 0.4) is 0 Å². The van der Waals surface area contributed by atoms with Gasteiger partial charge in [-0.05, 0) is 54.4 Å². The van der Waals surface area contributed by atoms with Crippen LogP contribution in [-0.4, -0.2) is 42.2 Å². The minimum atomic E-state index is -0.439. The number of hydrogen-bond acceptors (Lipinski definition) is 6. The van der Waals surface area contributed by atoms with Gasteiger partial charge in [-0.25, -0.2) is 4.79 Å². The quantitative estimate of drug-likeness (QED) is 0.595. The van der Waals surface area contributed by atoms with Crippen molar-refractivity contribution in [2.45, 2.75) is 20.0 Å². The van der Waals surface area contributed by atoms with E-state index >= 15 is 0 Å². The molecule has 8 nitrogen and oxygen atoms in total. The minimum Gasteiger partial charge on any atom is -0.508 e. The Labute approximate surface area is 179 Å². The molecule has 0 saturated heterocycles. The Balaban J connectivity index is 2.16. The second kappa shape index (κ2) is 9.53. The first-order valence-electron chi connectivity index (χ1n) is 9.74. The molecular formula is C23H26N2O6. The molecule has 3 rings (SSSR count). The van der Waals surface area contributed by atoms with Crippen molar-refractivity contribution < 1.29 is 19.3 Å². The lowest BCUT2D eigenvalue weighted by Gasteiger charge is -2.18. The van der Waals surface area contributed by atoms with Crippen molar-refractivity contribution in [3.05, 3.63) is 74.4 Å². The topological polar surface area (TPSA) is 91.9 Å². The Bertz CT molecular complexity index is 1180. The summed E-state index contributed by atoms with van der Waals surface area (Å²) in [6.45, 7) is 2.36. The fourth-order valence-electron chi connectivity index (χ4n) is 3.52. The number of hydrogen-bond donors (Lipinski definition) is 1. The van der Waals surface area contributed by atoms with Crippen molar-refractivity contribution in [2.24, 2.45) is 0 Å². The van der Waals surface area contributed by atoms with Crippen LogP contribution >= 0.6 is 0 Å². The molecule has 0 unspecified atom stereocenters. The second-order valence-electron chi connectivity index (χ2n) is 7.03. The average Bonchev–Trinajstić information content (AvgIpc) is 2.78. The summed E-state index contributed by atoms with van der Waals surface area (Å²) in [5.41, 5.74) is 1.52. The van der Waals surface area contributed by atoms with Gasteiger partial charge >= 0.3 is 5.69 Å². The maximum atomic E-state index is 13.4. The largest absolute Gasteiger partial charge is 0.508 e. The summed E-state index contributed by atoms with van der Waals surface area (Å²) in [7, 11) is 4.63. The highest BCUT2D eigenvalue weighted by Gasteiger charge is 2.18. The van der Waals surface area contributed by atoms with Gasteiger partial charge in [-0.1, -0.05) is 6.07 Å². The third kappa shape index (κ3) is 4.49. The van der Waals surface area contributed by atoms with Crippen LogP contribution in [0.2, 0.25) is 0 Å². The molecule has 164 valence electrons. The molecule has 0 aliphatic heterocycles. The fourth-order valence-corrected chi connectivity index (χ4v) is 3.52. The third-order valence-electron chi connectivity index (χ3n) is 5.10. The molecule has 0 spiro atoms. The highest BCUT2D eigenvalue weighted by atomic mass is 16.5. The van der Waals surface area contributed by atoms with Crippen molar-refractivity contribution >= 4 is 0 Å². The van der Waals surface area contributed by atoms with Crippen LogP contribution in [0, 0.1) is 6.92 Å². The summed E-state index contributed by atoms with van der Waals surface area (Å²) in [6.07, 6.45) is 0. The van der Waals surface area contributed by atoms with Gasteiger partial charge in [0.25, 0.3) is 5.56 Å². The van der Waals surface area contributed by atoms with E-state index in [1.807, 2.05) is 0 Å². The number of rotatable bonds is 8. The van der Waals surface area contributed by atoms with E-state index in [0.717, 1.165) is 5.56 Å². The smallest absolute Gasteiger partial charge is 0.331 e. The molecule has 0 aliphatic rings. The molecule has 1 aromatic heterocycles. The van der Waals surface area contributed by atoms with Gasteiger partial charge in [0.2, 0.25) is 0 Å². The maximum Gasteiger partial charge on any atom is 0.331 e. The Morgan fingerprint density at radius 1 is 0.903 bits per heavy atom. The van der Waals surface area contributed by atoms with Crippen molar-refractivity contribution in [3.8, 4) is 28.5 Å². The van der Waals surface area contributed by atoms with E-state index in [0.29, 0.717) is 34.9 Å². The zero-order valence-electron chi connectivity index (χ0n) is 18.0. The Morgan fingerprint density at radius 2 is 1.58 bits per heavy atom. The second-order valence-corrected chi connectivity index (χ2v) is 7.03. The van der Waals surface area contributed by atoms with Crippen LogP contribution in [-0.2, 0) is 17.8 Å².